The molecule has 0 fully saturated rings. The fourth-order valence-corrected chi connectivity index (χ4v) is 4.75. The first-order chi connectivity index (χ1) is 10.9. The molecule has 0 unspecified atom stereocenters. The molecule has 2 N–H and O–H groups in total. The van der Waals surface area contributed by atoms with Crippen molar-refractivity contribution >= 4 is 57.9 Å². The first kappa shape index (κ1) is 19.2. The third-order valence-corrected chi connectivity index (χ3v) is 6.64. The zero-order valence-corrected chi connectivity index (χ0v) is 16.3. The van der Waals surface area contributed by atoms with E-state index >= 15 is 0 Å². The Balaban J connectivity index is 2.59. The van der Waals surface area contributed by atoms with Crippen molar-refractivity contribution in [2.45, 2.75) is 9.79 Å². The summed E-state index contributed by atoms with van der Waals surface area (Å²) in [5.74, 6) is -0.690. The summed E-state index contributed by atoms with van der Waals surface area (Å²) in [6, 6.07) is 7.04. The number of carbonyl (C=O) groups excluding carboxylic acids is 1. The highest BCUT2D eigenvalue weighted by Crippen LogP contribution is 2.27. The van der Waals surface area contributed by atoms with E-state index in [4.69, 9.17) is 9.11 Å². The van der Waals surface area contributed by atoms with Crippen molar-refractivity contribution < 1.29 is 30.7 Å². The van der Waals surface area contributed by atoms with E-state index in [2.05, 4.69) is 31.9 Å². The van der Waals surface area contributed by atoms with Crippen molar-refractivity contribution in [2.75, 3.05) is 0 Å². The topological polar surface area (TPSA) is 126 Å². The van der Waals surface area contributed by atoms with E-state index in [0.29, 0.717) is 0 Å². The molecule has 0 bridgehead atoms. The molecule has 0 saturated carbocycles. The number of carbonyl (C=O) groups is 1. The molecule has 24 heavy (non-hydrogen) atoms. The highest BCUT2D eigenvalue weighted by molar-refractivity contribution is 9.10. The largest absolute Gasteiger partial charge is 0.295 e. The number of rotatable bonds is 4. The number of halogens is 2. The minimum absolute atomic E-state index is 0.0657. The highest BCUT2D eigenvalue weighted by atomic mass is 79.9. The van der Waals surface area contributed by atoms with Gasteiger partial charge in [-0.3, -0.25) is 13.9 Å². The molecule has 0 aliphatic carbocycles. The summed E-state index contributed by atoms with van der Waals surface area (Å²) in [6.07, 6.45) is 0. The minimum atomic E-state index is -4.55. The fraction of sp³-hybridized carbons (Fsp3) is 0. The van der Waals surface area contributed by atoms with Crippen LogP contribution in [0.15, 0.2) is 55.1 Å². The number of hydrogen-bond donors (Lipinski definition) is 2. The van der Waals surface area contributed by atoms with Gasteiger partial charge in [0, 0.05) is 20.1 Å². The van der Waals surface area contributed by atoms with Crippen LogP contribution in [0.1, 0.15) is 15.9 Å². The molecule has 0 radical (unpaired) electrons. The van der Waals surface area contributed by atoms with Crippen LogP contribution >= 0.6 is 31.9 Å². The van der Waals surface area contributed by atoms with Gasteiger partial charge in [0.15, 0.2) is 5.78 Å². The predicted octanol–water partition coefficient (Wildman–Crippen LogP) is 2.94. The molecule has 2 aromatic carbocycles. The van der Waals surface area contributed by atoms with Gasteiger partial charge in [-0.25, -0.2) is 0 Å². The molecule has 0 saturated heterocycles. The molecule has 11 heteroatoms. The fourth-order valence-electron chi connectivity index (χ4n) is 1.85. The van der Waals surface area contributed by atoms with Gasteiger partial charge < -0.3 is 0 Å². The standard InChI is InChI=1S/C13H8Br2O7S2/c14-9-3-1-7(5-11(9)23(17,18)19)13(16)8-2-4-10(15)12(6-8)24(20,21)22/h1-6H,(H,17,18,19)(H,20,21,22). The van der Waals surface area contributed by atoms with Crippen LogP contribution in [0, 0.1) is 0 Å². The summed E-state index contributed by atoms with van der Waals surface area (Å²) in [5, 5.41) is 0. The molecule has 128 valence electrons. The molecule has 0 aromatic heterocycles. The molecule has 0 aliphatic rings. The maximum absolute atomic E-state index is 12.4. The summed E-state index contributed by atoms with van der Waals surface area (Å²) in [5.41, 5.74) is -0.177. The lowest BCUT2D eigenvalue weighted by Crippen LogP contribution is -2.07. The van der Waals surface area contributed by atoms with E-state index in [1.165, 1.54) is 24.3 Å². The van der Waals surface area contributed by atoms with Gasteiger partial charge in [-0.2, -0.15) is 16.8 Å². The van der Waals surface area contributed by atoms with Crippen LogP contribution in [0.25, 0.3) is 0 Å². The monoisotopic (exact) mass is 498 g/mol. The zero-order valence-electron chi connectivity index (χ0n) is 11.5. The van der Waals surface area contributed by atoms with Gasteiger partial charge in [-0.05, 0) is 68.3 Å². The lowest BCUT2D eigenvalue weighted by Gasteiger charge is -2.07. The maximum atomic E-state index is 12.4. The minimum Gasteiger partial charge on any atom is -0.289 e. The van der Waals surface area contributed by atoms with Crippen molar-refractivity contribution in [1.82, 2.24) is 0 Å². The van der Waals surface area contributed by atoms with Crippen molar-refractivity contribution in [1.29, 1.82) is 0 Å². The maximum Gasteiger partial charge on any atom is 0.295 e. The molecule has 0 spiro atoms. The Morgan fingerprint density at radius 1 is 0.750 bits per heavy atom. The van der Waals surface area contributed by atoms with Crippen molar-refractivity contribution in [3.63, 3.8) is 0 Å². The Morgan fingerprint density at radius 2 is 1.08 bits per heavy atom. The molecule has 2 rings (SSSR count). The van der Waals surface area contributed by atoms with Gasteiger partial charge in [0.2, 0.25) is 0 Å². The van der Waals surface area contributed by atoms with E-state index in [0.717, 1.165) is 12.1 Å². The van der Waals surface area contributed by atoms with E-state index < -0.39 is 35.8 Å². The Bertz CT molecular complexity index is 960. The average Bonchev–Trinajstić information content (AvgIpc) is 2.45. The lowest BCUT2D eigenvalue weighted by molar-refractivity contribution is 0.103. The van der Waals surface area contributed by atoms with Crippen LogP contribution in [0.2, 0.25) is 0 Å². The van der Waals surface area contributed by atoms with Crippen molar-refractivity contribution in [3.05, 3.63) is 56.5 Å². The van der Waals surface area contributed by atoms with Crippen LogP contribution < -0.4 is 0 Å². The van der Waals surface area contributed by atoms with Crippen molar-refractivity contribution in [2.24, 2.45) is 0 Å². The second-order valence-corrected chi connectivity index (χ2v) is 9.06. The number of benzene rings is 2. The molecular formula is C13H8Br2O7S2. The molecular weight excluding hydrogens is 492 g/mol. The number of ketones is 1. The summed E-state index contributed by atoms with van der Waals surface area (Å²) in [4.78, 5) is 11.4. The molecule has 0 aliphatic heterocycles. The Labute approximate surface area is 154 Å². The van der Waals surface area contributed by atoms with Gasteiger partial charge in [0.25, 0.3) is 20.2 Å². The predicted molar refractivity (Wildman–Crippen MR) is 91.3 cm³/mol. The van der Waals surface area contributed by atoms with Crippen LogP contribution in [0.4, 0.5) is 0 Å². The van der Waals surface area contributed by atoms with E-state index in [1.807, 2.05) is 0 Å². The smallest absolute Gasteiger partial charge is 0.289 e. The Hall–Kier alpha value is -1.11. The Kier molecular flexibility index (Phi) is 5.33. The summed E-state index contributed by atoms with van der Waals surface area (Å²) < 4.78 is 63.6. The van der Waals surface area contributed by atoms with Crippen LogP contribution in [-0.2, 0) is 20.2 Å². The first-order valence-corrected chi connectivity index (χ1v) is 10.5. The molecule has 2 aromatic rings. The second-order valence-electron chi connectivity index (χ2n) is 4.57. The lowest BCUT2D eigenvalue weighted by atomic mass is 10.0. The molecule has 7 nitrogen and oxygen atoms in total. The van der Waals surface area contributed by atoms with Crippen LogP contribution in [0.3, 0.4) is 0 Å². The van der Waals surface area contributed by atoms with E-state index in [1.54, 1.807) is 0 Å². The van der Waals surface area contributed by atoms with Crippen molar-refractivity contribution in [3.8, 4) is 0 Å². The van der Waals surface area contributed by atoms with Gasteiger partial charge in [0.05, 0.1) is 0 Å². The van der Waals surface area contributed by atoms with E-state index in [-0.39, 0.29) is 20.1 Å². The Morgan fingerprint density at radius 3 is 1.38 bits per heavy atom. The molecule has 0 atom stereocenters. The summed E-state index contributed by atoms with van der Waals surface area (Å²) in [6.45, 7) is 0. The zero-order chi connectivity index (χ0) is 18.3. The quantitative estimate of drug-likeness (QED) is 0.489. The molecule has 0 heterocycles. The average molecular weight is 500 g/mol. The summed E-state index contributed by atoms with van der Waals surface area (Å²) >= 11 is 5.90. The molecule has 0 amide bonds. The third-order valence-electron chi connectivity index (χ3n) is 2.94. The van der Waals surface area contributed by atoms with Gasteiger partial charge in [0.1, 0.15) is 9.79 Å². The first-order valence-electron chi connectivity index (χ1n) is 6.00. The van der Waals surface area contributed by atoms with Gasteiger partial charge in [-0.15, -0.1) is 0 Å². The van der Waals surface area contributed by atoms with Gasteiger partial charge >= 0.3 is 0 Å². The summed E-state index contributed by atoms with van der Waals surface area (Å²) in [7, 11) is -9.10. The van der Waals surface area contributed by atoms with Crippen LogP contribution in [0.5, 0.6) is 0 Å². The second kappa shape index (κ2) is 6.65. The SMILES string of the molecule is O=C(c1ccc(Br)c(S(=O)(=O)O)c1)c1ccc(Br)c(S(=O)(=O)O)c1. The third kappa shape index (κ3) is 4.10. The number of hydrogen-bond acceptors (Lipinski definition) is 5. The van der Waals surface area contributed by atoms with E-state index in [9.17, 15) is 21.6 Å². The van der Waals surface area contributed by atoms with Crippen LogP contribution in [-0.4, -0.2) is 31.7 Å². The van der Waals surface area contributed by atoms with Gasteiger partial charge in [-0.1, -0.05) is 0 Å². The normalized spacial score (nSPS) is 12.2. The highest BCUT2D eigenvalue weighted by Gasteiger charge is 2.21.